The molecule has 1 aliphatic rings. The Morgan fingerprint density at radius 3 is 2.62 bits per heavy atom. The van der Waals surface area contributed by atoms with Crippen molar-refractivity contribution in [1.82, 2.24) is 5.32 Å². The van der Waals surface area contributed by atoms with E-state index in [0.29, 0.717) is 0 Å². The molecule has 0 heterocycles. The Labute approximate surface area is 121 Å². The molecule has 6 heteroatoms. The highest BCUT2D eigenvalue weighted by molar-refractivity contribution is 5.44. The van der Waals surface area contributed by atoms with Gasteiger partial charge in [0.2, 0.25) is 0 Å². The van der Waals surface area contributed by atoms with Gasteiger partial charge in [-0.1, -0.05) is 6.42 Å². The van der Waals surface area contributed by atoms with E-state index in [1.807, 2.05) is 7.05 Å². The van der Waals surface area contributed by atoms with Crippen molar-refractivity contribution in [2.45, 2.75) is 44.0 Å². The first-order valence-corrected chi connectivity index (χ1v) is 6.91. The molecule has 1 aromatic rings. The first-order chi connectivity index (χ1) is 9.95. The standard InChI is InChI=1S/C15H17F3N2O/c1-20-13-4-2-3-5-14(13)21-11-7-6-10(9-19)12(8-11)15(16,17)18/h6-8,13-14,20H,2-5H2,1H3. The number of hydrogen-bond acceptors (Lipinski definition) is 3. The molecule has 3 nitrogen and oxygen atoms in total. The van der Waals surface area contributed by atoms with Crippen molar-refractivity contribution in [1.29, 1.82) is 5.26 Å². The van der Waals surface area contributed by atoms with Gasteiger partial charge in [-0.15, -0.1) is 0 Å². The number of nitriles is 1. The number of likely N-dealkylation sites (N-methyl/N-ethyl adjacent to an activating group) is 1. The average Bonchev–Trinajstić information content (AvgIpc) is 2.47. The van der Waals surface area contributed by atoms with Gasteiger partial charge < -0.3 is 10.1 Å². The molecular weight excluding hydrogens is 281 g/mol. The maximum atomic E-state index is 12.9. The van der Waals surface area contributed by atoms with Crippen LogP contribution in [0.5, 0.6) is 5.75 Å². The van der Waals surface area contributed by atoms with Crippen LogP contribution in [0.4, 0.5) is 13.2 Å². The molecular formula is C15H17F3N2O. The van der Waals surface area contributed by atoms with Crippen molar-refractivity contribution in [2.24, 2.45) is 0 Å². The smallest absolute Gasteiger partial charge is 0.417 e. The second kappa shape index (κ2) is 6.35. The zero-order valence-electron chi connectivity index (χ0n) is 11.7. The second-order valence-electron chi connectivity index (χ2n) is 5.15. The first-order valence-electron chi connectivity index (χ1n) is 6.91. The number of nitrogens with zero attached hydrogens (tertiary/aromatic N) is 1. The predicted octanol–water partition coefficient (Wildman–Crippen LogP) is 3.49. The van der Waals surface area contributed by atoms with E-state index in [9.17, 15) is 13.2 Å². The molecule has 1 fully saturated rings. The van der Waals surface area contributed by atoms with Crippen molar-refractivity contribution in [2.75, 3.05) is 7.05 Å². The van der Waals surface area contributed by atoms with E-state index in [0.717, 1.165) is 37.8 Å². The highest BCUT2D eigenvalue weighted by Crippen LogP contribution is 2.35. The minimum absolute atomic E-state index is 0.141. The van der Waals surface area contributed by atoms with Gasteiger partial charge in [0.05, 0.1) is 17.2 Å². The Kier molecular flexibility index (Phi) is 4.73. The lowest BCUT2D eigenvalue weighted by atomic mass is 9.92. The topological polar surface area (TPSA) is 45.0 Å². The number of halogens is 3. The number of hydrogen-bond donors (Lipinski definition) is 1. The second-order valence-corrected chi connectivity index (χ2v) is 5.15. The molecule has 0 radical (unpaired) electrons. The van der Waals surface area contributed by atoms with Gasteiger partial charge in [0.15, 0.2) is 0 Å². The first kappa shape index (κ1) is 15.6. The van der Waals surface area contributed by atoms with Crippen LogP contribution in [0.1, 0.15) is 36.8 Å². The van der Waals surface area contributed by atoms with Crippen LogP contribution < -0.4 is 10.1 Å². The largest absolute Gasteiger partial charge is 0.489 e. The molecule has 2 atom stereocenters. The quantitative estimate of drug-likeness (QED) is 0.929. The minimum Gasteiger partial charge on any atom is -0.489 e. The summed E-state index contributed by atoms with van der Waals surface area (Å²) in [6, 6.07) is 5.21. The summed E-state index contributed by atoms with van der Waals surface area (Å²) in [4.78, 5) is 0. The van der Waals surface area contributed by atoms with Crippen LogP contribution in [0.2, 0.25) is 0 Å². The fourth-order valence-electron chi connectivity index (χ4n) is 2.67. The predicted molar refractivity (Wildman–Crippen MR) is 71.9 cm³/mol. The molecule has 0 amide bonds. The van der Waals surface area contributed by atoms with E-state index in [1.165, 1.54) is 6.07 Å². The van der Waals surface area contributed by atoms with Gasteiger partial charge in [-0.05, 0) is 44.5 Å². The zero-order valence-corrected chi connectivity index (χ0v) is 11.7. The number of rotatable bonds is 3. The number of ether oxygens (including phenoxy) is 1. The molecule has 0 bridgehead atoms. The lowest BCUT2D eigenvalue weighted by Gasteiger charge is -2.31. The third-order valence-electron chi connectivity index (χ3n) is 3.78. The minimum atomic E-state index is -4.56. The summed E-state index contributed by atoms with van der Waals surface area (Å²) in [7, 11) is 1.83. The summed E-state index contributed by atoms with van der Waals surface area (Å²) in [6.45, 7) is 0. The normalized spacial score (nSPS) is 22.6. The van der Waals surface area contributed by atoms with E-state index < -0.39 is 11.7 Å². The fraction of sp³-hybridized carbons (Fsp3) is 0.533. The molecule has 1 N–H and O–H groups in total. The van der Waals surface area contributed by atoms with Crippen molar-refractivity contribution in [3.05, 3.63) is 29.3 Å². The molecule has 0 spiro atoms. The Morgan fingerprint density at radius 1 is 1.29 bits per heavy atom. The summed E-state index contributed by atoms with van der Waals surface area (Å²) in [6.07, 6.45) is -0.842. The van der Waals surface area contributed by atoms with E-state index in [-0.39, 0.29) is 23.5 Å². The molecule has 114 valence electrons. The van der Waals surface area contributed by atoms with Crippen LogP contribution in [0.15, 0.2) is 18.2 Å². The van der Waals surface area contributed by atoms with Crippen molar-refractivity contribution in [3.8, 4) is 11.8 Å². The lowest BCUT2D eigenvalue weighted by molar-refractivity contribution is -0.137. The molecule has 2 rings (SSSR count). The van der Waals surface area contributed by atoms with Gasteiger partial charge >= 0.3 is 6.18 Å². The number of alkyl halides is 3. The molecule has 0 saturated heterocycles. The third kappa shape index (κ3) is 3.67. The van der Waals surface area contributed by atoms with Crippen LogP contribution in [0.3, 0.4) is 0 Å². The monoisotopic (exact) mass is 298 g/mol. The molecule has 1 aliphatic carbocycles. The van der Waals surface area contributed by atoms with Gasteiger partial charge in [-0.2, -0.15) is 18.4 Å². The lowest BCUT2D eigenvalue weighted by Crippen LogP contribution is -2.43. The summed E-state index contributed by atoms with van der Waals surface area (Å²) >= 11 is 0. The van der Waals surface area contributed by atoms with E-state index in [2.05, 4.69) is 5.32 Å². The summed E-state index contributed by atoms with van der Waals surface area (Å²) < 4.78 is 44.5. The zero-order chi connectivity index (χ0) is 15.5. The van der Waals surface area contributed by atoms with Crippen molar-refractivity contribution < 1.29 is 17.9 Å². The fourth-order valence-corrected chi connectivity index (χ4v) is 2.67. The molecule has 21 heavy (non-hydrogen) atoms. The molecule has 1 saturated carbocycles. The highest BCUT2D eigenvalue weighted by atomic mass is 19.4. The van der Waals surface area contributed by atoms with Gasteiger partial charge in [0, 0.05) is 6.04 Å². The van der Waals surface area contributed by atoms with Crippen LogP contribution in [-0.4, -0.2) is 19.2 Å². The summed E-state index contributed by atoms with van der Waals surface area (Å²) in [5.41, 5.74) is -1.33. The van der Waals surface area contributed by atoms with Crippen LogP contribution in [0, 0.1) is 11.3 Å². The molecule has 2 unspecified atom stereocenters. The number of benzene rings is 1. The molecule has 0 aliphatic heterocycles. The van der Waals surface area contributed by atoms with Gasteiger partial charge in [-0.25, -0.2) is 0 Å². The molecule has 1 aromatic carbocycles. The Balaban J connectivity index is 2.23. The number of nitrogens with one attached hydrogen (secondary N) is 1. The molecule has 0 aromatic heterocycles. The van der Waals surface area contributed by atoms with Crippen LogP contribution in [0.25, 0.3) is 0 Å². The van der Waals surface area contributed by atoms with Crippen LogP contribution in [-0.2, 0) is 6.18 Å². The van der Waals surface area contributed by atoms with Gasteiger partial charge in [0.25, 0.3) is 0 Å². The Bertz CT molecular complexity index is 537. The SMILES string of the molecule is CNC1CCCCC1Oc1ccc(C#N)c(C(F)(F)F)c1. The average molecular weight is 298 g/mol. The van der Waals surface area contributed by atoms with Crippen molar-refractivity contribution in [3.63, 3.8) is 0 Å². The van der Waals surface area contributed by atoms with E-state index in [1.54, 1.807) is 6.07 Å². The van der Waals surface area contributed by atoms with Crippen LogP contribution >= 0.6 is 0 Å². The maximum Gasteiger partial charge on any atom is 0.417 e. The van der Waals surface area contributed by atoms with Gasteiger partial charge in [-0.3, -0.25) is 0 Å². The Morgan fingerprint density at radius 2 is 2.00 bits per heavy atom. The highest BCUT2D eigenvalue weighted by Gasteiger charge is 2.34. The van der Waals surface area contributed by atoms with E-state index in [4.69, 9.17) is 10.00 Å². The third-order valence-corrected chi connectivity index (χ3v) is 3.78. The van der Waals surface area contributed by atoms with Crippen molar-refractivity contribution >= 4 is 0 Å². The maximum absolute atomic E-state index is 12.9. The van der Waals surface area contributed by atoms with E-state index >= 15 is 0 Å². The summed E-state index contributed by atoms with van der Waals surface area (Å²) in [5.74, 6) is 0.161. The summed E-state index contributed by atoms with van der Waals surface area (Å²) in [5, 5.41) is 11.9. The Hall–Kier alpha value is -1.74. The van der Waals surface area contributed by atoms with Gasteiger partial charge in [0.1, 0.15) is 11.9 Å².